The molecule has 0 saturated heterocycles. The fraction of sp³-hybridized carbons (Fsp3) is 0.0847. The number of hydrogen-bond donors (Lipinski definition) is 0. The van der Waals surface area contributed by atoms with E-state index < -0.39 is 0 Å². The SMILES string of the molecule is CC1(C)C2=CC(N(c3ccc(-c4ccccc4)cc3)c3cc4c(c5ccccc35)c3ccccc3n4-c3ccc(-c4ccc5ccccc5c4)cc3)=CCC2c2ccccc21. The summed E-state index contributed by atoms with van der Waals surface area (Å²) in [4.78, 5) is 2.53. The third-order valence-corrected chi connectivity index (χ3v) is 13.6. The monoisotopic (exact) mass is 780 g/mol. The van der Waals surface area contributed by atoms with Crippen LogP contribution in [0.4, 0.5) is 11.4 Å². The molecule has 61 heavy (non-hydrogen) atoms. The van der Waals surface area contributed by atoms with Gasteiger partial charge < -0.3 is 9.47 Å². The Kier molecular flexibility index (Phi) is 8.05. The zero-order chi connectivity index (χ0) is 40.7. The lowest BCUT2D eigenvalue weighted by Gasteiger charge is -2.33. The second-order valence-corrected chi connectivity index (χ2v) is 17.3. The van der Waals surface area contributed by atoms with E-state index in [1.165, 1.54) is 93.7 Å². The van der Waals surface area contributed by atoms with Crippen molar-refractivity contribution >= 4 is 54.7 Å². The van der Waals surface area contributed by atoms with Gasteiger partial charge in [0, 0.05) is 44.6 Å². The maximum absolute atomic E-state index is 2.53. The Morgan fingerprint density at radius 3 is 1.95 bits per heavy atom. The number of anilines is 2. The summed E-state index contributed by atoms with van der Waals surface area (Å²) in [6.45, 7) is 4.82. The van der Waals surface area contributed by atoms with Gasteiger partial charge in [0.05, 0.1) is 16.7 Å². The van der Waals surface area contributed by atoms with Crippen LogP contribution >= 0.6 is 0 Å². The highest BCUT2D eigenvalue weighted by molar-refractivity contribution is 6.24. The normalized spacial score (nSPS) is 15.5. The van der Waals surface area contributed by atoms with Crippen molar-refractivity contribution in [1.29, 1.82) is 0 Å². The Morgan fingerprint density at radius 2 is 1.13 bits per heavy atom. The minimum absolute atomic E-state index is 0.0684. The molecule has 2 nitrogen and oxygen atoms in total. The summed E-state index contributed by atoms with van der Waals surface area (Å²) in [5.74, 6) is 0.386. The first-order valence-corrected chi connectivity index (χ1v) is 21.5. The Hall–Kier alpha value is -7.42. The summed E-state index contributed by atoms with van der Waals surface area (Å²) >= 11 is 0. The molecule has 12 rings (SSSR count). The molecular weight excluding hydrogens is 737 g/mol. The molecule has 1 heterocycles. The van der Waals surface area contributed by atoms with Crippen molar-refractivity contribution in [3.63, 3.8) is 0 Å². The molecule has 1 aromatic heterocycles. The molecule has 0 aliphatic heterocycles. The maximum Gasteiger partial charge on any atom is 0.0568 e. The van der Waals surface area contributed by atoms with Crippen LogP contribution in [0, 0.1) is 0 Å². The van der Waals surface area contributed by atoms with E-state index in [0.29, 0.717) is 5.92 Å². The summed E-state index contributed by atoms with van der Waals surface area (Å²) in [7, 11) is 0. The van der Waals surface area contributed by atoms with Crippen molar-refractivity contribution in [3.8, 4) is 27.9 Å². The molecule has 2 aliphatic rings. The third kappa shape index (κ3) is 5.63. The van der Waals surface area contributed by atoms with E-state index in [4.69, 9.17) is 0 Å². The first kappa shape index (κ1) is 35.5. The van der Waals surface area contributed by atoms with Crippen LogP contribution in [-0.4, -0.2) is 4.57 Å². The number of para-hydroxylation sites is 1. The number of nitrogens with zero attached hydrogens (tertiary/aromatic N) is 2. The van der Waals surface area contributed by atoms with Crippen LogP contribution in [0.5, 0.6) is 0 Å². The van der Waals surface area contributed by atoms with Crippen molar-refractivity contribution in [3.05, 3.63) is 235 Å². The van der Waals surface area contributed by atoms with Gasteiger partial charge in [-0.1, -0.05) is 183 Å². The highest BCUT2D eigenvalue weighted by Crippen LogP contribution is 2.55. The molecule has 1 unspecified atom stereocenters. The van der Waals surface area contributed by atoms with Crippen molar-refractivity contribution in [2.45, 2.75) is 31.6 Å². The standard InChI is InChI=1S/C59H44N2/c1-59(2)53-22-12-10-18-48(53)49-35-34-47(37-54(49)59)60(45-30-26-41(27-31-45)39-14-4-3-5-15-39)56-38-57-58(51-20-9-8-19-50(51)56)52-21-11-13-23-55(52)61(57)46-32-28-42(29-33-46)44-25-24-40-16-6-7-17-43(40)36-44/h3-34,36-38,49H,35H2,1-2H3. The van der Waals surface area contributed by atoms with E-state index >= 15 is 0 Å². The van der Waals surface area contributed by atoms with Crippen LogP contribution in [0.3, 0.4) is 0 Å². The molecule has 2 heteroatoms. The summed E-state index contributed by atoms with van der Waals surface area (Å²) in [6, 6.07) is 73.8. The molecule has 0 amide bonds. The molecule has 1 atom stereocenters. The third-order valence-electron chi connectivity index (χ3n) is 13.6. The van der Waals surface area contributed by atoms with Crippen LogP contribution in [-0.2, 0) is 5.41 Å². The van der Waals surface area contributed by atoms with Gasteiger partial charge >= 0.3 is 0 Å². The second kappa shape index (κ2) is 13.8. The highest BCUT2D eigenvalue weighted by atomic mass is 15.2. The topological polar surface area (TPSA) is 8.17 Å². The lowest BCUT2D eigenvalue weighted by atomic mass is 9.78. The van der Waals surface area contributed by atoms with Crippen LogP contribution in [0.25, 0.3) is 71.3 Å². The van der Waals surface area contributed by atoms with Gasteiger partial charge in [-0.25, -0.2) is 0 Å². The summed E-state index contributed by atoms with van der Waals surface area (Å²) in [5, 5.41) is 7.52. The van der Waals surface area contributed by atoms with Gasteiger partial charge in [0.2, 0.25) is 0 Å². The minimum Gasteiger partial charge on any atom is -0.310 e. The molecule has 10 aromatic rings. The molecule has 0 fully saturated rings. The predicted octanol–water partition coefficient (Wildman–Crippen LogP) is 15.9. The molecule has 0 N–H and O–H groups in total. The van der Waals surface area contributed by atoms with Crippen molar-refractivity contribution in [1.82, 2.24) is 4.57 Å². The lowest BCUT2D eigenvalue weighted by molar-refractivity contribution is 0.609. The fourth-order valence-electron chi connectivity index (χ4n) is 10.6. The van der Waals surface area contributed by atoms with Gasteiger partial charge in [0.25, 0.3) is 0 Å². The fourth-order valence-corrected chi connectivity index (χ4v) is 10.6. The molecule has 2 aliphatic carbocycles. The van der Waals surface area contributed by atoms with E-state index in [2.05, 4.69) is 236 Å². The second-order valence-electron chi connectivity index (χ2n) is 17.3. The van der Waals surface area contributed by atoms with E-state index in [1.54, 1.807) is 0 Å². The Bertz CT molecular complexity index is 3400. The Labute approximate surface area is 357 Å². The first-order valence-electron chi connectivity index (χ1n) is 21.5. The van der Waals surface area contributed by atoms with Gasteiger partial charge in [0.15, 0.2) is 0 Å². The van der Waals surface area contributed by atoms with Crippen molar-refractivity contribution in [2.75, 3.05) is 4.90 Å². The van der Waals surface area contributed by atoms with Gasteiger partial charge in [-0.15, -0.1) is 0 Å². The number of rotatable bonds is 6. The smallest absolute Gasteiger partial charge is 0.0568 e. The summed E-state index contributed by atoms with van der Waals surface area (Å²) in [6.07, 6.45) is 5.96. The van der Waals surface area contributed by atoms with E-state index in [1.807, 2.05) is 0 Å². The molecule has 0 radical (unpaired) electrons. The zero-order valence-electron chi connectivity index (χ0n) is 34.4. The van der Waals surface area contributed by atoms with E-state index in [9.17, 15) is 0 Å². The Morgan fingerprint density at radius 1 is 0.508 bits per heavy atom. The first-order chi connectivity index (χ1) is 30.0. The van der Waals surface area contributed by atoms with Crippen molar-refractivity contribution < 1.29 is 0 Å². The van der Waals surface area contributed by atoms with Gasteiger partial charge in [-0.2, -0.15) is 0 Å². The number of hydrogen-bond acceptors (Lipinski definition) is 1. The molecular formula is C59H44N2. The quantitative estimate of drug-likeness (QED) is 0.163. The van der Waals surface area contributed by atoms with E-state index in [-0.39, 0.29) is 5.41 Å². The highest BCUT2D eigenvalue weighted by Gasteiger charge is 2.42. The number of benzene rings is 9. The number of aromatic nitrogens is 1. The van der Waals surface area contributed by atoms with Gasteiger partial charge in [-0.05, 0) is 105 Å². The maximum atomic E-state index is 2.53. The van der Waals surface area contributed by atoms with Crippen LogP contribution in [0.2, 0.25) is 0 Å². The average molecular weight is 781 g/mol. The molecule has 290 valence electrons. The number of allylic oxidation sites excluding steroid dienone is 3. The van der Waals surface area contributed by atoms with Crippen LogP contribution in [0.15, 0.2) is 224 Å². The molecule has 0 bridgehead atoms. The van der Waals surface area contributed by atoms with E-state index in [0.717, 1.165) is 17.8 Å². The summed E-state index contributed by atoms with van der Waals surface area (Å²) < 4.78 is 2.47. The largest absolute Gasteiger partial charge is 0.310 e. The van der Waals surface area contributed by atoms with Crippen molar-refractivity contribution in [2.24, 2.45) is 0 Å². The van der Waals surface area contributed by atoms with Gasteiger partial charge in [-0.3, -0.25) is 0 Å². The van der Waals surface area contributed by atoms with Crippen LogP contribution in [0.1, 0.15) is 37.3 Å². The molecule has 0 spiro atoms. The van der Waals surface area contributed by atoms with Gasteiger partial charge in [0.1, 0.15) is 0 Å². The minimum atomic E-state index is -0.0684. The van der Waals surface area contributed by atoms with Crippen LogP contribution < -0.4 is 4.90 Å². The number of fused-ring (bicyclic) bond motifs is 9. The molecule has 0 saturated carbocycles. The Balaban J connectivity index is 1.07. The summed E-state index contributed by atoms with van der Waals surface area (Å²) in [5.41, 5.74) is 16.2. The predicted molar refractivity (Wildman–Crippen MR) is 258 cm³/mol. The molecule has 9 aromatic carbocycles. The lowest BCUT2D eigenvalue weighted by Crippen LogP contribution is -2.23. The zero-order valence-corrected chi connectivity index (χ0v) is 34.4. The average Bonchev–Trinajstić information content (AvgIpc) is 3.77.